The summed E-state index contributed by atoms with van der Waals surface area (Å²) in [6.45, 7) is 0.553. The fourth-order valence-electron chi connectivity index (χ4n) is 1.41. The number of sulfone groups is 1. The summed E-state index contributed by atoms with van der Waals surface area (Å²) >= 11 is 0. The molecule has 1 aromatic carbocycles. The average Bonchev–Trinajstić information content (AvgIpc) is 2.42. The molecule has 0 unspecified atom stereocenters. The third-order valence-electron chi connectivity index (χ3n) is 2.45. The number of nitrogens with zero attached hydrogens (tertiary/aromatic N) is 1. The summed E-state index contributed by atoms with van der Waals surface area (Å²) in [6, 6.07) is 8.71. The summed E-state index contributed by atoms with van der Waals surface area (Å²) in [6.07, 6.45) is 0.437. The molecule has 0 spiro atoms. The van der Waals surface area contributed by atoms with Crippen molar-refractivity contribution < 1.29 is 17.9 Å². The van der Waals surface area contributed by atoms with Crippen molar-refractivity contribution in [1.29, 1.82) is 5.26 Å². The first-order valence-corrected chi connectivity index (χ1v) is 7.72. The molecular formula is C13H17NO4S. The monoisotopic (exact) mass is 283 g/mol. The highest BCUT2D eigenvalue weighted by Crippen LogP contribution is 2.11. The third-order valence-corrected chi connectivity index (χ3v) is 4.15. The molecule has 0 N–H and O–H groups in total. The smallest absolute Gasteiger partial charge is 0.152 e. The Morgan fingerprint density at radius 3 is 2.42 bits per heavy atom. The van der Waals surface area contributed by atoms with Crippen molar-refractivity contribution in [2.45, 2.75) is 6.42 Å². The highest BCUT2D eigenvalue weighted by molar-refractivity contribution is 7.91. The van der Waals surface area contributed by atoms with Gasteiger partial charge in [0.05, 0.1) is 36.4 Å². The van der Waals surface area contributed by atoms with E-state index in [1.165, 1.54) is 7.11 Å². The number of methoxy groups -OCH3 is 1. The number of ether oxygens (including phenoxy) is 2. The number of hydrogen-bond acceptors (Lipinski definition) is 5. The SMILES string of the molecule is COCCS(=O)(=O)CCCOc1ccc(C#N)cc1. The molecule has 5 nitrogen and oxygen atoms in total. The van der Waals surface area contributed by atoms with E-state index < -0.39 is 9.84 Å². The molecule has 0 heterocycles. The second-order valence-electron chi connectivity index (χ2n) is 3.98. The number of nitriles is 1. The molecule has 0 bridgehead atoms. The first-order chi connectivity index (χ1) is 9.07. The van der Waals surface area contributed by atoms with E-state index in [9.17, 15) is 8.42 Å². The minimum atomic E-state index is -3.06. The van der Waals surface area contributed by atoms with Gasteiger partial charge in [0, 0.05) is 7.11 Å². The molecule has 0 atom stereocenters. The maximum Gasteiger partial charge on any atom is 0.152 e. The molecule has 6 heteroatoms. The highest BCUT2D eigenvalue weighted by Gasteiger charge is 2.09. The van der Waals surface area contributed by atoms with Crippen LogP contribution in [0.4, 0.5) is 0 Å². The van der Waals surface area contributed by atoms with Crippen LogP contribution in [-0.2, 0) is 14.6 Å². The summed E-state index contributed by atoms with van der Waals surface area (Å²) in [5.74, 6) is 0.765. The molecule has 104 valence electrons. The molecule has 0 saturated heterocycles. The minimum Gasteiger partial charge on any atom is -0.494 e. The van der Waals surface area contributed by atoms with Gasteiger partial charge in [-0.3, -0.25) is 0 Å². The normalized spacial score (nSPS) is 10.9. The molecule has 19 heavy (non-hydrogen) atoms. The van der Waals surface area contributed by atoms with Crippen LogP contribution in [0.25, 0.3) is 0 Å². The third kappa shape index (κ3) is 6.22. The van der Waals surface area contributed by atoms with Crippen molar-refractivity contribution in [3.8, 4) is 11.8 Å². The van der Waals surface area contributed by atoms with Crippen LogP contribution in [0.3, 0.4) is 0 Å². The lowest BCUT2D eigenvalue weighted by Crippen LogP contribution is -2.16. The van der Waals surface area contributed by atoms with Gasteiger partial charge in [-0.15, -0.1) is 0 Å². The summed E-state index contributed by atoms with van der Waals surface area (Å²) in [4.78, 5) is 0. The topological polar surface area (TPSA) is 76.4 Å². The minimum absolute atomic E-state index is 0.0420. The Morgan fingerprint density at radius 1 is 1.16 bits per heavy atom. The largest absolute Gasteiger partial charge is 0.494 e. The fourth-order valence-corrected chi connectivity index (χ4v) is 2.59. The summed E-state index contributed by atoms with van der Waals surface area (Å²) in [7, 11) is -1.58. The van der Waals surface area contributed by atoms with E-state index in [0.29, 0.717) is 24.3 Å². The molecule has 0 aliphatic heterocycles. The van der Waals surface area contributed by atoms with E-state index in [2.05, 4.69) is 0 Å². The predicted molar refractivity (Wildman–Crippen MR) is 71.8 cm³/mol. The number of benzene rings is 1. The van der Waals surface area contributed by atoms with Gasteiger partial charge in [-0.05, 0) is 30.7 Å². The first-order valence-electron chi connectivity index (χ1n) is 5.90. The predicted octanol–water partition coefficient (Wildman–Crippen LogP) is 1.39. The maximum atomic E-state index is 11.5. The van der Waals surface area contributed by atoms with Gasteiger partial charge in [0.1, 0.15) is 5.75 Å². The fraction of sp³-hybridized carbons (Fsp3) is 0.462. The van der Waals surface area contributed by atoms with Gasteiger partial charge >= 0.3 is 0 Å². The Bertz CT molecular complexity index is 517. The zero-order valence-electron chi connectivity index (χ0n) is 10.8. The first kappa shape index (κ1) is 15.5. The molecule has 1 aromatic rings. The van der Waals surface area contributed by atoms with Crippen molar-refractivity contribution >= 4 is 9.84 Å². The second kappa shape index (κ2) is 7.77. The number of hydrogen-bond donors (Lipinski definition) is 0. The molecule has 0 saturated carbocycles. The van der Waals surface area contributed by atoms with Crippen molar-refractivity contribution in [2.75, 3.05) is 31.8 Å². The molecule has 0 aliphatic carbocycles. The van der Waals surface area contributed by atoms with E-state index in [1.807, 2.05) is 6.07 Å². The van der Waals surface area contributed by atoms with Gasteiger partial charge in [-0.25, -0.2) is 8.42 Å². The Morgan fingerprint density at radius 2 is 1.84 bits per heavy atom. The van der Waals surface area contributed by atoms with Crippen LogP contribution in [0.5, 0.6) is 5.75 Å². The lowest BCUT2D eigenvalue weighted by atomic mass is 10.2. The van der Waals surface area contributed by atoms with Gasteiger partial charge in [0.25, 0.3) is 0 Å². The molecule has 0 fully saturated rings. The van der Waals surface area contributed by atoms with Gasteiger partial charge < -0.3 is 9.47 Å². The maximum absolute atomic E-state index is 11.5. The molecule has 0 amide bonds. The quantitative estimate of drug-likeness (QED) is 0.674. The van der Waals surface area contributed by atoms with Crippen LogP contribution >= 0.6 is 0 Å². The van der Waals surface area contributed by atoms with Gasteiger partial charge in [-0.2, -0.15) is 5.26 Å². The van der Waals surface area contributed by atoms with Crippen LogP contribution in [0.15, 0.2) is 24.3 Å². The molecular weight excluding hydrogens is 266 g/mol. The van der Waals surface area contributed by atoms with Gasteiger partial charge in [-0.1, -0.05) is 0 Å². The molecule has 0 aliphatic rings. The van der Waals surface area contributed by atoms with E-state index in [4.69, 9.17) is 14.7 Å². The Kier molecular flexibility index (Phi) is 6.33. The Balaban J connectivity index is 2.29. The lowest BCUT2D eigenvalue weighted by Gasteiger charge is -2.06. The van der Waals surface area contributed by atoms with Crippen molar-refractivity contribution in [1.82, 2.24) is 0 Å². The van der Waals surface area contributed by atoms with Crippen LogP contribution in [0.2, 0.25) is 0 Å². The lowest BCUT2D eigenvalue weighted by molar-refractivity contribution is 0.217. The van der Waals surface area contributed by atoms with E-state index in [1.54, 1.807) is 24.3 Å². The van der Waals surface area contributed by atoms with E-state index in [-0.39, 0.29) is 18.1 Å². The zero-order chi connectivity index (χ0) is 14.1. The zero-order valence-corrected chi connectivity index (χ0v) is 11.6. The molecule has 0 radical (unpaired) electrons. The van der Waals surface area contributed by atoms with E-state index >= 15 is 0 Å². The van der Waals surface area contributed by atoms with Crippen molar-refractivity contribution in [3.05, 3.63) is 29.8 Å². The van der Waals surface area contributed by atoms with Gasteiger partial charge in [0.2, 0.25) is 0 Å². The van der Waals surface area contributed by atoms with Crippen molar-refractivity contribution in [3.63, 3.8) is 0 Å². The van der Waals surface area contributed by atoms with Crippen LogP contribution < -0.4 is 4.74 Å². The van der Waals surface area contributed by atoms with Crippen molar-refractivity contribution in [2.24, 2.45) is 0 Å². The average molecular weight is 283 g/mol. The highest BCUT2D eigenvalue weighted by atomic mass is 32.2. The summed E-state index contributed by atoms with van der Waals surface area (Å²) in [5.41, 5.74) is 0.564. The summed E-state index contributed by atoms with van der Waals surface area (Å²) < 4.78 is 33.2. The second-order valence-corrected chi connectivity index (χ2v) is 6.29. The van der Waals surface area contributed by atoms with Gasteiger partial charge in [0.15, 0.2) is 9.84 Å². The van der Waals surface area contributed by atoms with Crippen LogP contribution in [-0.4, -0.2) is 40.2 Å². The summed E-state index contributed by atoms with van der Waals surface area (Å²) in [5, 5.41) is 8.64. The van der Waals surface area contributed by atoms with Crippen LogP contribution in [0, 0.1) is 11.3 Å². The standard InChI is InChI=1S/C13H17NO4S/c1-17-8-10-19(15,16)9-2-7-18-13-5-3-12(11-14)4-6-13/h3-6H,2,7-10H2,1H3. The van der Waals surface area contributed by atoms with Crippen LogP contribution in [0.1, 0.15) is 12.0 Å². The molecule has 0 aromatic heterocycles. The Labute approximate surface area is 113 Å². The van der Waals surface area contributed by atoms with E-state index in [0.717, 1.165) is 0 Å². The number of rotatable bonds is 8. The molecule has 1 rings (SSSR count). The Hall–Kier alpha value is -1.58.